The molecule has 0 radical (unpaired) electrons. The molecule has 1 amide bonds. The van der Waals surface area contributed by atoms with Crippen molar-refractivity contribution in [3.63, 3.8) is 0 Å². The van der Waals surface area contributed by atoms with Crippen molar-refractivity contribution in [3.05, 3.63) is 51.9 Å². The zero-order valence-corrected chi connectivity index (χ0v) is 13.2. The Morgan fingerprint density at radius 2 is 1.91 bits per heavy atom. The van der Waals surface area contributed by atoms with E-state index in [1.54, 1.807) is 19.1 Å². The maximum Gasteiger partial charge on any atom is 0.261 e. The van der Waals surface area contributed by atoms with E-state index in [9.17, 15) is 18.0 Å². The van der Waals surface area contributed by atoms with E-state index in [2.05, 4.69) is 15.0 Å². The zero-order valence-electron chi connectivity index (χ0n) is 12.3. The van der Waals surface area contributed by atoms with Crippen molar-refractivity contribution < 1.29 is 13.2 Å². The molecule has 0 unspecified atom stereocenters. The van der Waals surface area contributed by atoms with E-state index >= 15 is 0 Å². The molecule has 3 N–H and O–H groups in total. The van der Waals surface area contributed by atoms with Crippen LogP contribution >= 0.6 is 0 Å². The highest BCUT2D eigenvalue weighted by Crippen LogP contribution is 2.26. The maximum absolute atomic E-state index is 12.5. The fourth-order valence-corrected chi connectivity index (χ4v) is 3.59. The Morgan fingerprint density at radius 1 is 1.13 bits per heavy atom. The molecule has 2 heterocycles. The summed E-state index contributed by atoms with van der Waals surface area (Å²) in [6, 6.07) is 5.90. The SMILES string of the molecule is Cc1cc(=O)[nH]cc1NS(=O)(=O)c1ccc2c(c1)CCC(=O)N2. The lowest BCUT2D eigenvalue weighted by atomic mass is 10.0. The van der Waals surface area contributed by atoms with Crippen molar-refractivity contribution in [3.8, 4) is 0 Å². The Bertz CT molecular complexity index is 947. The fourth-order valence-electron chi connectivity index (χ4n) is 2.41. The van der Waals surface area contributed by atoms with Crippen LogP contribution in [0.3, 0.4) is 0 Å². The molecule has 0 saturated heterocycles. The summed E-state index contributed by atoms with van der Waals surface area (Å²) in [6.45, 7) is 1.65. The summed E-state index contributed by atoms with van der Waals surface area (Å²) in [5, 5.41) is 2.71. The highest BCUT2D eigenvalue weighted by atomic mass is 32.2. The molecule has 0 fully saturated rings. The van der Waals surface area contributed by atoms with Crippen LogP contribution in [0.5, 0.6) is 0 Å². The summed E-state index contributed by atoms with van der Waals surface area (Å²) in [5.74, 6) is -0.0740. The number of benzene rings is 1. The van der Waals surface area contributed by atoms with E-state index in [4.69, 9.17) is 0 Å². The van der Waals surface area contributed by atoms with E-state index in [0.717, 1.165) is 5.56 Å². The van der Waals surface area contributed by atoms with Gasteiger partial charge in [-0.25, -0.2) is 8.42 Å². The minimum Gasteiger partial charge on any atom is -0.327 e. The summed E-state index contributed by atoms with van der Waals surface area (Å²) in [4.78, 5) is 25.1. The smallest absolute Gasteiger partial charge is 0.261 e. The number of anilines is 2. The predicted octanol–water partition coefficient (Wildman–Crippen LogP) is 1.37. The van der Waals surface area contributed by atoms with Gasteiger partial charge in [0.2, 0.25) is 11.5 Å². The predicted molar refractivity (Wildman–Crippen MR) is 86.0 cm³/mol. The first-order valence-electron chi connectivity index (χ1n) is 7.00. The van der Waals surface area contributed by atoms with Gasteiger partial charge in [-0.05, 0) is 42.7 Å². The first-order chi connectivity index (χ1) is 10.8. The van der Waals surface area contributed by atoms with Crippen molar-refractivity contribution in [1.82, 2.24) is 4.98 Å². The van der Waals surface area contributed by atoms with E-state index in [0.29, 0.717) is 29.8 Å². The highest BCUT2D eigenvalue weighted by Gasteiger charge is 2.20. The number of pyridine rings is 1. The number of amides is 1. The second-order valence-corrected chi connectivity index (χ2v) is 7.05. The average molecular weight is 333 g/mol. The second kappa shape index (κ2) is 5.54. The first-order valence-corrected chi connectivity index (χ1v) is 8.48. The highest BCUT2D eigenvalue weighted by molar-refractivity contribution is 7.92. The number of nitrogens with one attached hydrogen (secondary N) is 3. The Hall–Kier alpha value is -2.61. The van der Waals surface area contributed by atoms with Crippen LogP contribution in [0.15, 0.2) is 40.2 Å². The number of rotatable bonds is 3. The van der Waals surface area contributed by atoms with Gasteiger partial charge in [0.05, 0.1) is 10.6 Å². The molecular weight excluding hydrogens is 318 g/mol. The van der Waals surface area contributed by atoms with Gasteiger partial charge in [0.15, 0.2) is 0 Å². The van der Waals surface area contributed by atoms with Crippen LogP contribution in [-0.4, -0.2) is 19.3 Å². The zero-order chi connectivity index (χ0) is 16.6. The molecule has 120 valence electrons. The number of aryl methyl sites for hydroxylation is 2. The Labute approximate surface area is 132 Å². The van der Waals surface area contributed by atoms with Crippen molar-refractivity contribution in [2.24, 2.45) is 0 Å². The molecule has 0 atom stereocenters. The van der Waals surface area contributed by atoms with Crippen LogP contribution in [0.2, 0.25) is 0 Å². The quantitative estimate of drug-likeness (QED) is 0.788. The third-order valence-electron chi connectivity index (χ3n) is 3.66. The van der Waals surface area contributed by atoms with Gasteiger partial charge in [-0.15, -0.1) is 0 Å². The van der Waals surface area contributed by atoms with Gasteiger partial charge >= 0.3 is 0 Å². The van der Waals surface area contributed by atoms with Gasteiger partial charge in [-0.2, -0.15) is 0 Å². The molecule has 0 saturated carbocycles. The molecule has 1 aromatic carbocycles. The lowest BCUT2D eigenvalue weighted by Gasteiger charge is -2.18. The molecule has 23 heavy (non-hydrogen) atoms. The topological polar surface area (TPSA) is 108 Å². The van der Waals surface area contributed by atoms with E-state index < -0.39 is 10.0 Å². The summed E-state index contributed by atoms with van der Waals surface area (Å²) in [5.41, 5.74) is 1.97. The van der Waals surface area contributed by atoms with Crippen LogP contribution in [0.1, 0.15) is 17.5 Å². The summed E-state index contributed by atoms with van der Waals surface area (Å²) >= 11 is 0. The lowest BCUT2D eigenvalue weighted by molar-refractivity contribution is -0.116. The normalized spacial score (nSPS) is 14.0. The largest absolute Gasteiger partial charge is 0.327 e. The van der Waals surface area contributed by atoms with Crippen molar-refractivity contribution in [2.75, 3.05) is 10.0 Å². The number of sulfonamides is 1. The third kappa shape index (κ3) is 3.11. The lowest BCUT2D eigenvalue weighted by Crippen LogP contribution is -2.20. The summed E-state index contributed by atoms with van der Waals surface area (Å²) in [7, 11) is -3.78. The molecule has 8 heteroatoms. The average Bonchev–Trinajstić information content (AvgIpc) is 2.49. The fraction of sp³-hybridized carbons (Fsp3) is 0.200. The second-order valence-electron chi connectivity index (χ2n) is 5.37. The van der Waals surface area contributed by atoms with Gasteiger partial charge in [0, 0.05) is 24.4 Å². The molecule has 1 aliphatic rings. The summed E-state index contributed by atoms with van der Waals surface area (Å²) in [6.07, 6.45) is 2.17. The van der Waals surface area contributed by atoms with E-state index in [1.807, 2.05) is 0 Å². The Kier molecular flexibility index (Phi) is 3.69. The first kappa shape index (κ1) is 15.3. The van der Waals surface area contributed by atoms with E-state index in [1.165, 1.54) is 18.3 Å². The van der Waals surface area contributed by atoms with Gasteiger partial charge < -0.3 is 10.3 Å². The molecule has 1 aromatic heterocycles. The number of H-pyrrole nitrogens is 1. The monoisotopic (exact) mass is 333 g/mol. The van der Waals surface area contributed by atoms with Crippen molar-refractivity contribution >= 4 is 27.3 Å². The maximum atomic E-state index is 12.5. The number of carbonyl (C=O) groups excluding carboxylic acids is 1. The van der Waals surface area contributed by atoms with Gasteiger partial charge in [0.25, 0.3) is 10.0 Å². The Morgan fingerprint density at radius 3 is 2.65 bits per heavy atom. The van der Waals surface area contributed by atoms with Gasteiger partial charge in [0.1, 0.15) is 0 Å². The van der Waals surface area contributed by atoms with Crippen LogP contribution in [0.4, 0.5) is 11.4 Å². The molecule has 0 bridgehead atoms. The minimum absolute atomic E-state index is 0.0740. The Balaban J connectivity index is 1.94. The molecule has 0 aliphatic carbocycles. The minimum atomic E-state index is -3.78. The van der Waals surface area contributed by atoms with Crippen LogP contribution in [-0.2, 0) is 21.2 Å². The molecular formula is C15H15N3O4S. The van der Waals surface area contributed by atoms with Crippen molar-refractivity contribution in [1.29, 1.82) is 0 Å². The van der Waals surface area contributed by atoms with Gasteiger partial charge in [-0.3, -0.25) is 14.3 Å². The molecule has 2 aromatic rings. The van der Waals surface area contributed by atoms with E-state index in [-0.39, 0.29) is 16.4 Å². The molecule has 7 nitrogen and oxygen atoms in total. The summed E-state index contributed by atoms with van der Waals surface area (Å²) < 4.78 is 27.5. The van der Waals surface area contributed by atoms with Crippen molar-refractivity contribution in [2.45, 2.75) is 24.7 Å². The number of aromatic amines is 1. The molecule has 1 aliphatic heterocycles. The van der Waals surface area contributed by atoms with Crippen LogP contribution < -0.4 is 15.6 Å². The molecule has 0 spiro atoms. The number of hydrogen-bond donors (Lipinski definition) is 3. The van der Waals surface area contributed by atoms with Gasteiger partial charge in [-0.1, -0.05) is 0 Å². The number of fused-ring (bicyclic) bond motifs is 1. The molecule has 3 rings (SSSR count). The standard InChI is InChI=1S/C15H15N3O4S/c1-9-6-15(20)16-8-13(9)18-23(21,22)11-3-4-12-10(7-11)2-5-14(19)17-12/h3-4,6-8,18H,2,5H2,1H3,(H,16,20)(H,17,19). The van der Waals surface area contributed by atoms with Crippen LogP contribution in [0.25, 0.3) is 0 Å². The van der Waals surface area contributed by atoms with Crippen LogP contribution in [0, 0.1) is 6.92 Å². The third-order valence-corrected chi connectivity index (χ3v) is 5.02. The number of hydrogen-bond acceptors (Lipinski definition) is 4. The number of aromatic nitrogens is 1. The number of carbonyl (C=O) groups is 1.